The number of hydrogen-bond acceptors (Lipinski definition) is 10. The first-order valence-electron chi connectivity index (χ1n) is 12.2. The number of quaternary nitrogens is 2. The zero-order chi connectivity index (χ0) is 30.3. The second-order valence-electron chi connectivity index (χ2n) is 9.32. The molecule has 3 heterocycles. The van der Waals surface area contributed by atoms with Crippen molar-refractivity contribution in [1.29, 1.82) is 0 Å². The van der Waals surface area contributed by atoms with Crippen LogP contribution in [0, 0.1) is 13.8 Å². The molecule has 0 unspecified atom stereocenters. The number of rotatable bonds is 9. The largest absolute Gasteiger partial charge is 0.379 e. The molecule has 2 aromatic rings. The Labute approximate surface area is 230 Å². The molecule has 0 spiro atoms. The molecule has 39 heavy (non-hydrogen) atoms. The fourth-order valence-electron chi connectivity index (χ4n) is 3.19. The van der Waals surface area contributed by atoms with E-state index < -0.39 is 30.8 Å². The van der Waals surface area contributed by atoms with E-state index in [4.69, 9.17) is 9.47 Å². The fraction of sp³-hybridized carbons (Fsp3) is 0.810. The molecule has 14 nitrogen and oxygen atoms in total. The van der Waals surface area contributed by atoms with Gasteiger partial charge >= 0.3 is 20.4 Å². The van der Waals surface area contributed by atoms with Crippen molar-refractivity contribution in [2.45, 2.75) is 50.8 Å². The Hall–Kier alpha value is -2.12. The quantitative estimate of drug-likeness (QED) is 0.292. The second-order valence-corrected chi connectivity index (χ2v) is 11.8. The minimum Gasteiger partial charge on any atom is -0.379 e. The molecular weight excluding hydrogens is 562 g/mol. The van der Waals surface area contributed by atoms with Crippen LogP contribution in [0.5, 0.6) is 0 Å². The first-order valence-corrected chi connectivity index (χ1v) is 14.9. The van der Waals surface area contributed by atoms with E-state index in [1.165, 1.54) is 52.9 Å². The highest BCUT2D eigenvalue weighted by atomic mass is 32.3. The number of aryl methyl sites for hydroxylation is 2. The monoisotopic (exact) mass is 604 g/mol. The molecule has 0 aliphatic carbocycles. The number of likely N-dealkylation sites (tertiary alicyclic amines) is 1. The minimum atomic E-state index is -4.77. The second kappa shape index (κ2) is 16.9. The zero-order valence-corrected chi connectivity index (χ0v) is 25.6. The molecule has 2 aromatic heterocycles. The Morgan fingerprint density at radius 2 is 1.26 bits per heavy atom. The van der Waals surface area contributed by atoms with Crippen molar-refractivity contribution < 1.29 is 43.0 Å². The molecule has 18 heteroatoms. The average molecular weight is 605 g/mol. The van der Waals surface area contributed by atoms with E-state index in [2.05, 4.69) is 58.3 Å². The van der Waals surface area contributed by atoms with Gasteiger partial charge in [-0.1, -0.05) is 7.77 Å². The number of aromatic nitrogens is 6. The van der Waals surface area contributed by atoms with E-state index in [1.807, 2.05) is 0 Å². The molecule has 0 aromatic carbocycles. The summed E-state index contributed by atoms with van der Waals surface area (Å²) >= 11 is 0. The average Bonchev–Trinajstić information content (AvgIpc) is 3.60. The van der Waals surface area contributed by atoms with Crippen LogP contribution in [-0.2, 0) is 29.9 Å². The van der Waals surface area contributed by atoms with Gasteiger partial charge in [0.2, 0.25) is 0 Å². The van der Waals surface area contributed by atoms with Gasteiger partial charge in [-0.25, -0.2) is 0 Å². The van der Waals surface area contributed by atoms with Gasteiger partial charge in [-0.05, 0) is 39.3 Å². The van der Waals surface area contributed by atoms with Crippen molar-refractivity contribution in [2.24, 2.45) is 0 Å². The Morgan fingerprint density at radius 3 is 1.49 bits per heavy atom. The Morgan fingerprint density at radius 1 is 0.846 bits per heavy atom. The molecule has 3 rings (SSSR count). The van der Waals surface area contributed by atoms with Crippen molar-refractivity contribution in [1.82, 2.24) is 30.4 Å². The first kappa shape index (κ1) is 36.9. The molecule has 1 saturated heterocycles. The Kier molecular flexibility index (Phi) is 15.9. The lowest BCUT2D eigenvalue weighted by Gasteiger charge is -2.31. The summed E-state index contributed by atoms with van der Waals surface area (Å²) in [5.41, 5.74) is 0. The van der Waals surface area contributed by atoms with E-state index in [0.29, 0.717) is 0 Å². The maximum absolute atomic E-state index is 11.9. The number of nitrogens with zero attached hydrogens (tertiary/aromatic N) is 8. The Bertz CT molecular complexity index is 1100. The molecular formula is C21H42F2N8O6S2. The van der Waals surface area contributed by atoms with E-state index in [0.717, 1.165) is 28.8 Å². The normalized spacial score (nSPS) is 14.8. The molecule has 0 saturated carbocycles. The van der Waals surface area contributed by atoms with E-state index in [1.54, 1.807) is 14.2 Å². The summed E-state index contributed by atoms with van der Waals surface area (Å²) in [6.07, 6.45) is 2.75. The van der Waals surface area contributed by atoms with Gasteiger partial charge in [0.25, 0.3) is 0 Å². The van der Waals surface area contributed by atoms with E-state index >= 15 is 0 Å². The maximum atomic E-state index is 11.9. The fourth-order valence-corrected chi connectivity index (χ4v) is 3.95. The molecule has 1 fully saturated rings. The predicted molar refractivity (Wildman–Crippen MR) is 138 cm³/mol. The van der Waals surface area contributed by atoms with Crippen LogP contribution in [0.15, 0.2) is 10.3 Å². The van der Waals surface area contributed by atoms with Crippen LogP contribution >= 0.6 is 0 Å². The summed E-state index contributed by atoms with van der Waals surface area (Å²) in [4.78, 5) is 6.39. The topological polar surface area (TPSA) is 166 Å². The predicted octanol–water partition coefficient (Wildman–Crippen LogP) is 0.751. The van der Waals surface area contributed by atoms with Crippen molar-refractivity contribution in [2.75, 3.05) is 74.4 Å². The van der Waals surface area contributed by atoms with Crippen LogP contribution in [-0.4, -0.2) is 121 Å². The highest BCUT2D eigenvalue weighted by Crippen LogP contribution is 2.15. The molecule has 228 valence electrons. The number of methoxy groups -OCH3 is 2. The molecule has 0 bridgehead atoms. The number of likely N-dealkylation sites (N-methyl/N-ethyl adjacent to an activating group) is 1. The summed E-state index contributed by atoms with van der Waals surface area (Å²) in [5.74, 6) is 0.271. The summed E-state index contributed by atoms with van der Waals surface area (Å²) in [5, 5.41) is 10.6. The van der Waals surface area contributed by atoms with Gasteiger partial charge in [-0.3, -0.25) is 0 Å². The maximum Gasteiger partial charge on any atom is 0.337 e. The van der Waals surface area contributed by atoms with Crippen LogP contribution < -0.4 is 9.97 Å². The number of halogens is 2. The van der Waals surface area contributed by atoms with Gasteiger partial charge in [0, 0.05) is 27.1 Å². The zero-order valence-electron chi connectivity index (χ0n) is 24.0. The standard InChI is InChI=1S/C8H20NO.C7H16NO.2C3H3FN3O2S/c1-5-9(3,6-2)7-8-10-4;1-8(7-9-2)5-3-4-6-8;2*1-2-5-3(7-6-2)10(4,8)9/h5-8H2,1-4H3;3-7H2,1-2H3;2*1H3/q2*+1;2*-1. The summed E-state index contributed by atoms with van der Waals surface area (Å²) in [6.45, 7) is 15.2. The number of ether oxygens (including phenoxy) is 2. The van der Waals surface area contributed by atoms with Crippen molar-refractivity contribution >= 4 is 20.4 Å². The van der Waals surface area contributed by atoms with Crippen LogP contribution in [0.1, 0.15) is 38.3 Å². The van der Waals surface area contributed by atoms with Crippen LogP contribution in [0.3, 0.4) is 0 Å². The van der Waals surface area contributed by atoms with Crippen LogP contribution in [0.4, 0.5) is 7.77 Å². The highest BCUT2D eigenvalue weighted by molar-refractivity contribution is 7.86. The molecule has 0 atom stereocenters. The lowest BCUT2D eigenvalue weighted by atomic mass is 10.4. The Balaban J connectivity index is 0.000000494. The van der Waals surface area contributed by atoms with Crippen molar-refractivity contribution in [3.05, 3.63) is 11.6 Å². The smallest absolute Gasteiger partial charge is 0.337 e. The first-order chi connectivity index (χ1) is 17.9. The van der Waals surface area contributed by atoms with Gasteiger partial charge < -0.3 is 48.8 Å². The van der Waals surface area contributed by atoms with Gasteiger partial charge in [-0.15, -0.1) is 0 Å². The lowest BCUT2D eigenvalue weighted by Crippen LogP contribution is -2.45. The van der Waals surface area contributed by atoms with E-state index in [9.17, 15) is 24.6 Å². The van der Waals surface area contributed by atoms with Crippen molar-refractivity contribution in [3.63, 3.8) is 0 Å². The van der Waals surface area contributed by atoms with E-state index in [-0.39, 0.29) is 11.6 Å². The third-order valence-electron chi connectivity index (χ3n) is 5.96. The molecule has 0 radical (unpaired) electrons. The van der Waals surface area contributed by atoms with Gasteiger partial charge in [0.1, 0.15) is 16.9 Å². The molecule has 1 aliphatic rings. The van der Waals surface area contributed by atoms with Gasteiger partial charge in [0.15, 0.2) is 6.73 Å². The van der Waals surface area contributed by atoms with Gasteiger partial charge in [0.05, 0.1) is 46.9 Å². The SMILES string of the molecule is CC[N+](C)(CC)CCOC.COC[N+]1(C)CCCC1.Cc1nnc(S(=O)(=O)F)[n-]1.Cc1nnc(S(=O)(=O)F)[n-]1. The molecule has 0 N–H and O–H groups in total. The van der Waals surface area contributed by atoms with Crippen LogP contribution in [0.2, 0.25) is 0 Å². The number of hydrogen-bond donors (Lipinski definition) is 0. The highest BCUT2D eigenvalue weighted by Gasteiger charge is 2.25. The minimum absolute atomic E-state index is 0.135. The molecule has 1 aliphatic heterocycles. The summed E-state index contributed by atoms with van der Waals surface area (Å²) in [6, 6.07) is 0. The third kappa shape index (κ3) is 15.3. The van der Waals surface area contributed by atoms with Crippen molar-refractivity contribution in [3.8, 4) is 0 Å². The van der Waals surface area contributed by atoms with Crippen LogP contribution in [0.25, 0.3) is 0 Å². The summed E-state index contributed by atoms with van der Waals surface area (Å²) < 4.78 is 76.3. The van der Waals surface area contributed by atoms with Gasteiger partial charge in [-0.2, -0.15) is 16.8 Å². The third-order valence-corrected chi connectivity index (χ3v) is 7.18. The summed E-state index contributed by atoms with van der Waals surface area (Å²) in [7, 11) is -1.47. The molecule has 0 amide bonds. The lowest BCUT2D eigenvalue weighted by molar-refractivity contribution is -0.916.